The predicted molar refractivity (Wildman–Crippen MR) is 124 cm³/mol. The van der Waals surface area contributed by atoms with Gasteiger partial charge in [0.2, 0.25) is 0 Å². The van der Waals surface area contributed by atoms with E-state index in [2.05, 4.69) is 34.2 Å². The van der Waals surface area contributed by atoms with Gasteiger partial charge < -0.3 is 24.6 Å². The molecule has 7 heteroatoms. The van der Waals surface area contributed by atoms with Crippen LogP contribution in [0.5, 0.6) is 5.75 Å². The van der Waals surface area contributed by atoms with Crippen LogP contribution in [0.4, 0.5) is 5.69 Å². The normalized spacial score (nSPS) is 14.7. The molecule has 27 heavy (non-hydrogen) atoms. The Morgan fingerprint density at radius 2 is 1.78 bits per heavy atom. The molecule has 1 N–H and O–H groups in total. The maximum absolute atomic E-state index is 5.38. The van der Waals surface area contributed by atoms with Crippen LogP contribution in [-0.2, 0) is 4.74 Å². The van der Waals surface area contributed by atoms with Gasteiger partial charge in [0, 0.05) is 58.2 Å². The molecule has 1 fully saturated rings. The second-order valence-corrected chi connectivity index (χ2v) is 6.31. The van der Waals surface area contributed by atoms with E-state index in [4.69, 9.17) is 14.5 Å². The summed E-state index contributed by atoms with van der Waals surface area (Å²) in [6.07, 6.45) is 2.14. The van der Waals surface area contributed by atoms with Gasteiger partial charge in [0.15, 0.2) is 5.96 Å². The zero-order valence-corrected chi connectivity index (χ0v) is 19.3. The predicted octanol–water partition coefficient (Wildman–Crippen LogP) is 3.22. The summed E-state index contributed by atoms with van der Waals surface area (Å²) in [6.45, 7) is 11.5. The topological polar surface area (TPSA) is 49.3 Å². The van der Waals surface area contributed by atoms with Crippen LogP contribution in [0.3, 0.4) is 0 Å². The van der Waals surface area contributed by atoms with Gasteiger partial charge in [0.05, 0.1) is 7.11 Å². The minimum absolute atomic E-state index is 0. The van der Waals surface area contributed by atoms with Crippen LogP contribution in [-0.4, -0.2) is 70.5 Å². The van der Waals surface area contributed by atoms with Gasteiger partial charge in [-0.15, -0.1) is 24.0 Å². The Labute approximate surface area is 181 Å². The molecular weight excluding hydrogens is 455 g/mol. The maximum Gasteiger partial charge on any atom is 0.194 e. The number of methoxy groups -OCH3 is 1. The number of aliphatic imine (C=N–C) groups is 1. The Kier molecular flexibility index (Phi) is 12.2. The van der Waals surface area contributed by atoms with E-state index >= 15 is 0 Å². The third-order valence-corrected chi connectivity index (χ3v) is 4.51. The lowest BCUT2D eigenvalue weighted by Gasteiger charge is -2.37. The van der Waals surface area contributed by atoms with Crippen molar-refractivity contribution in [2.45, 2.75) is 26.7 Å². The highest BCUT2D eigenvalue weighted by atomic mass is 127. The number of hydrogen-bond donors (Lipinski definition) is 1. The number of nitrogens with one attached hydrogen (secondary N) is 1. The number of anilines is 1. The van der Waals surface area contributed by atoms with Crippen LogP contribution in [0, 0.1) is 0 Å². The molecule has 0 aromatic heterocycles. The fraction of sp³-hybridized carbons (Fsp3) is 0.650. The Morgan fingerprint density at radius 1 is 1.07 bits per heavy atom. The van der Waals surface area contributed by atoms with Gasteiger partial charge in [-0.1, -0.05) is 0 Å². The highest BCUT2D eigenvalue weighted by Gasteiger charge is 2.19. The fourth-order valence-corrected chi connectivity index (χ4v) is 3.04. The van der Waals surface area contributed by atoms with Crippen LogP contribution < -0.4 is 15.0 Å². The number of piperazine rings is 1. The quantitative estimate of drug-likeness (QED) is 0.249. The Hall–Kier alpha value is -1.22. The van der Waals surface area contributed by atoms with Gasteiger partial charge in [-0.05, 0) is 51.0 Å². The number of guanidine groups is 1. The second kappa shape index (κ2) is 13.9. The summed E-state index contributed by atoms with van der Waals surface area (Å²) in [6, 6.07) is 8.31. The van der Waals surface area contributed by atoms with Crippen molar-refractivity contribution < 1.29 is 9.47 Å². The molecule has 6 nitrogen and oxygen atoms in total. The monoisotopic (exact) mass is 490 g/mol. The molecule has 0 unspecified atom stereocenters. The lowest BCUT2D eigenvalue weighted by Crippen LogP contribution is -2.52. The molecule has 1 aliphatic heterocycles. The molecule has 1 aliphatic rings. The first-order valence-corrected chi connectivity index (χ1v) is 9.78. The standard InChI is InChI=1S/C20H34N4O2.HI/c1-4-21-20(22-12-6-7-17-26-5-2)24-15-13-23(14-16-24)18-8-10-19(25-3)11-9-18;/h8-11H,4-7,12-17H2,1-3H3,(H,21,22);1H. The number of halogens is 1. The zero-order valence-electron chi connectivity index (χ0n) is 16.9. The van der Waals surface area contributed by atoms with Gasteiger partial charge in [0.25, 0.3) is 0 Å². The smallest absolute Gasteiger partial charge is 0.194 e. The number of rotatable bonds is 9. The molecule has 0 aliphatic carbocycles. The van der Waals surface area contributed by atoms with Crippen molar-refractivity contribution in [1.29, 1.82) is 0 Å². The van der Waals surface area contributed by atoms with Crippen LogP contribution in [0.25, 0.3) is 0 Å². The number of unbranched alkanes of at least 4 members (excludes halogenated alkanes) is 1. The summed E-state index contributed by atoms with van der Waals surface area (Å²) in [4.78, 5) is 9.58. The van der Waals surface area contributed by atoms with Gasteiger partial charge in [-0.25, -0.2) is 0 Å². The van der Waals surface area contributed by atoms with Crippen molar-refractivity contribution in [3.8, 4) is 5.75 Å². The highest BCUT2D eigenvalue weighted by molar-refractivity contribution is 14.0. The second-order valence-electron chi connectivity index (χ2n) is 6.31. The van der Waals surface area contributed by atoms with E-state index in [9.17, 15) is 0 Å². The average Bonchev–Trinajstić information content (AvgIpc) is 2.70. The average molecular weight is 490 g/mol. The van der Waals surface area contributed by atoms with Crippen molar-refractivity contribution in [3.63, 3.8) is 0 Å². The number of benzene rings is 1. The van der Waals surface area contributed by atoms with E-state index in [-0.39, 0.29) is 24.0 Å². The fourth-order valence-electron chi connectivity index (χ4n) is 3.04. The molecule has 0 radical (unpaired) electrons. The van der Waals surface area contributed by atoms with E-state index in [1.165, 1.54) is 5.69 Å². The Bertz CT molecular complexity index is 531. The molecule has 0 bridgehead atoms. The Balaban J connectivity index is 0.00000364. The van der Waals surface area contributed by atoms with E-state index in [0.717, 1.165) is 77.0 Å². The summed E-state index contributed by atoms with van der Waals surface area (Å²) in [7, 11) is 1.70. The van der Waals surface area contributed by atoms with Crippen molar-refractivity contribution in [1.82, 2.24) is 10.2 Å². The highest BCUT2D eigenvalue weighted by Crippen LogP contribution is 2.20. The van der Waals surface area contributed by atoms with Crippen molar-refractivity contribution >= 4 is 35.6 Å². The first-order chi connectivity index (χ1) is 12.8. The molecule has 0 atom stereocenters. The van der Waals surface area contributed by atoms with E-state index < -0.39 is 0 Å². The van der Waals surface area contributed by atoms with Crippen LogP contribution in [0.15, 0.2) is 29.3 Å². The Morgan fingerprint density at radius 3 is 2.37 bits per heavy atom. The summed E-state index contributed by atoms with van der Waals surface area (Å²) in [5, 5.41) is 3.43. The van der Waals surface area contributed by atoms with Gasteiger partial charge in [-0.2, -0.15) is 0 Å². The molecule has 1 aromatic carbocycles. The molecule has 154 valence electrons. The van der Waals surface area contributed by atoms with Crippen molar-refractivity contribution in [3.05, 3.63) is 24.3 Å². The molecular formula is C20H35IN4O2. The molecule has 2 rings (SSSR count). The first kappa shape index (κ1) is 23.8. The van der Waals surface area contributed by atoms with Gasteiger partial charge in [0.1, 0.15) is 5.75 Å². The minimum atomic E-state index is 0. The van der Waals surface area contributed by atoms with E-state index in [1.807, 2.05) is 19.1 Å². The van der Waals surface area contributed by atoms with Gasteiger partial charge >= 0.3 is 0 Å². The third-order valence-electron chi connectivity index (χ3n) is 4.51. The summed E-state index contributed by atoms with van der Waals surface area (Å²) < 4.78 is 10.6. The summed E-state index contributed by atoms with van der Waals surface area (Å²) >= 11 is 0. The number of hydrogen-bond acceptors (Lipinski definition) is 4. The summed E-state index contributed by atoms with van der Waals surface area (Å²) in [5.74, 6) is 1.94. The zero-order chi connectivity index (χ0) is 18.6. The molecule has 0 spiro atoms. The molecule has 1 aromatic rings. The van der Waals surface area contributed by atoms with Crippen molar-refractivity contribution in [2.75, 3.05) is 64.5 Å². The van der Waals surface area contributed by atoms with Crippen molar-refractivity contribution in [2.24, 2.45) is 4.99 Å². The van der Waals surface area contributed by atoms with Gasteiger partial charge in [-0.3, -0.25) is 4.99 Å². The molecule has 1 saturated heterocycles. The SMILES string of the molecule is CCNC(=NCCCCOCC)N1CCN(c2ccc(OC)cc2)CC1.I. The molecule has 0 amide bonds. The first-order valence-electron chi connectivity index (χ1n) is 9.78. The lowest BCUT2D eigenvalue weighted by molar-refractivity contribution is 0.144. The van der Waals surface area contributed by atoms with E-state index in [1.54, 1.807) is 7.11 Å². The largest absolute Gasteiger partial charge is 0.497 e. The number of ether oxygens (including phenoxy) is 2. The van der Waals surface area contributed by atoms with Crippen LogP contribution in [0.1, 0.15) is 26.7 Å². The number of nitrogens with zero attached hydrogens (tertiary/aromatic N) is 3. The maximum atomic E-state index is 5.38. The van der Waals surface area contributed by atoms with Crippen LogP contribution in [0.2, 0.25) is 0 Å². The van der Waals surface area contributed by atoms with Crippen LogP contribution >= 0.6 is 24.0 Å². The lowest BCUT2D eigenvalue weighted by atomic mass is 10.2. The third kappa shape index (κ3) is 8.13. The molecule has 1 heterocycles. The minimum Gasteiger partial charge on any atom is -0.497 e. The molecule has 0 saturated carbocycles. The summed E-state index contributed by atoms with van der Waals surface area (Å²) in [5.41, 5.74) is 1.25. The van der Waals surface area contributed by atoms with E-state index in [0.29, 0.717) is 0 Å².